The fourth-order valence-corrected chi connectivity index (χ4v) is 3.27. The molecule has 8 nitrogen and oxygen atoms in total. The lowest BCUT2D eigenvalue weighted by Gasteiger charge is -2.32. The maximum Gasteiger partial charge on any atom is 0.267 e. The molecule has 2 heterocycles. The Hall–Kier alpha value is -2.87. The van der Waals surface area contributed by atoms with E-state index in [2.05, 4.69) is 10.2 Å². The third kappa shape index (κ3) is 3.80. The minimum atomic E-state index is -0.676. The van der Waals surface area contributed by atoms with Gasteiger partial charge in [0.1, 0.15) is 11.3 Å². The molecule has 0 spiro atoms. The lowest BCUT2D eigenvalue weighted by Crippen LogP contribution is -2.47. The van der Waals surface area contributed by atoms with Crippen LogP contribution < -0.4 is 10.9 Å². The largest absolute Gasteiger partial charge is 0.506 e. The van der Waals surface area contributed by atoms with Crippen molar-refractivity contribution in [1.29, 1.82) is 0 Å². The number of amides is 2. The molecule has 2 amide bonds. The number of likely N-dealkylation sites (N-methyl/N-ethyl adjacent to an activating group) is 1. The lowest BCUT2D eigenvalue weighted by atomic mass is 10.1. The predicted octanol–water partition coefficient (Wildman–Crippen LogP) is 0.138. The van der Waals surface area contributed by atoms with E-state index in [-0.39, 0.29) is 30.2 Å². The van der Waals surface area contributed by atoms with Crippen LogP contribution in [0, 0.1) is 0 Å². The lowest BCUT2D eigenvalue weighted by molar-refractivity contribution is -0.132. The summed E-state index contributed by atoms with van der Waals surface area (Å²) < 4.78 is 1.33. The van der Waals surface area contributed by atoms with Crippen molar-refractivity contribution in [3.8, 4) is 5.75 Å². The zero-order valence-corrected chi connectivity index (χ0v) is 15.6. The Labute approximate surface area is 157 Å². The highest BCUT2D eigenvalue weighted by Crippen LogP contribution is 2.25. The molecule has 1 aromatic heterocycles. The van der Waals surface area contributed by atoms with Crippen LogP contribution in [0.25, 0.3) is 10.9 Å². The standard InChI is InChI=1S/C19H24N4O4/c1-21-9-11-23(12-10-21)15(24)7-8-20-18(26)16-17(25)13-5-3-4-6-14(13)22(2)19(16)27/h3-6,25H,7-12H2,1-2H3,(H,20,26). The minimum Gasteiger partial charge on any atom is -0.506 e. The van der Waals surface area contributed by atoms with E-state index in [0.717, 1.165) is 13.1 Å². The number of hydrogen-bond donors (Lipinski definition) is 2. The molecular formula is C19H24N4O4. The van der Waals surface area contributed by atoms with Crippen molar-refractivity contribution in [2.24, 2.45) is 7.05 Å². The van der Waals surface area contributed by atoms with Crippen molar-refractivity contribution in [1.82, 2.24) is 19.7 Å². The number of rotatable bonds is 4. The van der Waals surface area contributed by atoms with Gasteiger partial charge in [0.2, 0.25) is 5.91 Å². The molecule has 1 fully saturated rings. The molecule has 1 aliphatic rings. The second kappa shape index (κ2) is 7.79. The number of para-hydroxylation sites is 1. The Bertz CT molecular complexity index is 929. The summed E-state index contributed by atoms with van der Waals surface area (Å²) in [5.41, 5.74) is -0.334. The smallest absolute Gasteiger partial charge is 0.267 e. The van der Waals surface area contributed by atoms with E-state index in [0.29, 0.717) is 24.0 Å². The highest BCUT2D eigenvalue weighted by Gasteiger charge is 2.22. The summed E-state index contributed by atoms with van der Waals surface area (Å²) in [6, 6.07) is 6.83. The molecule has 0 bridgehead atoms. The molecule has 8 heteroatoms. The van der Waals surface area contributed by atoms with Crippen LogP contribution in [0.2, 0.25) is 0 Å². The van der Waals surface area contributed by atoms with Gasteiger partial charge in [-0.3, -0.25) is 14.4 Å². The molecule has 0 radical (unpaired) electrons. The molecular weight excluding hydrogens is 348 g/mol. The zero-order valence-electron chi connectivity index (χ0n) is 15.6. The fourth-order valence-electron chi connectivity index (χ4n) is 3.27. The van der Waals surface area contributed by atoms with Gasteiger partial charge in [0, 0.05) is 51.6 Å². The van der Waals surface area contributed by atoms with Gasteiger partial charge in [-0.15, -0.1) is 0 Å². The quantitative estimate of drug-likeness (QED) is 0.796. The summed E-state index contributed by atoms with van der Waals surface area (Å²) >= 11 is 0. The van der Waals surface area contributed by atoms with E-state index in [9.17, 15) is 19.5 Å². The van der Waals surface area contributed by atoms with Crippen LogP contribution in [0.3, 0.4) is 0 Å². The summed E-state index contributed by atoms with van der Waals surface area (Å²) in [6.07, 6.45) is 0.157. The Kier molecular flexibility index (Phi) is 5.46. The second-order valence-electron chi connectivity index (χ2n) is 6.79. The maximum atomic E-state index is 12.5. The Morgan fingerprint density at radius 1 is 1.11 bits per heavy atom. The number of aromatic nitrogens is 1. The van der Waals surface area contributed by atoms with Crippen molar-refractivity contribution >= 4 is 22.7 Å². The molecule has 3 rings (SSSR count). The number of nitrogens with zero attached hydrogens (tertiary/aromatic N) is 3. The summed E-state index contributed by atoms with van der Waals surface area (Å²) in [5, 5.41) is 13.4. The van der Waals surface area contributed by atoms with Crippen LogP contribution in [0.5, 0.6) is 5.75 Å². The van der Waals surface area contributed by atoms with Crippen LogP contribution in [0.15, 0.2) is 29.1 Å². The van der Waals surface area contributed by atoms with E-state index < -0.39 is 11.5 Å². The summed E-state index contributed by atoms with van der Waals surface area (Å²) in [5.74, 6) is -1.04. The summed E-state index contributed by atoms with van der Waals surface area (Å²) in [6.45, 7) is 3.13. The molecule has 1 aliphatic heterocycles. The molecule has 0 aliphatic carbocycles. The van der Waals surface area contributed by atoms with Crippen molar-refractivity contribution in [3.63, 3.8) is 0 Å². The average molecular weight is 372 g/mol. The molecule has 0 saturated carbocycles. The van der Waals surface area contributed by atoms with Crippen molar-refractivity contribution in [3.05, 3.63) is 40.2 Å². The van der Waals surface area contributed by atoms with E-state index in [1.807, 2.05) is 7.05 Å². The Morgan fingerprint density at radius 3 is 2.48 bits per heavy atom. The fraction of sp³-hybridized carbons (Fsp3) is 0.421. The average Bonchev–Trinajstić information content (AvgIpc) is 2.67. The highest BCUT2D eigenvalue weighted by molar-refractivity contribution is 6.02. The number of carbonyl (C=O) groups excluding carboxylic acids is 2. The van der Waals surface area contributed by atoms with Crippen LogP contribution in [0.1, 0.15) is 16.8 Å². The second-order valence-corrected chi connectivity index (χ2v) is 6.79. The number of benzene rings is 1. The minimum absolute atomic E-state index is 0.0287. The zero-order chi connectivity index (χ0) is 19.6. The van der Waals surface area contributed by atoms with Gasteiger partial charge in [0.25, 0.3) is 11.5 Å². The first kappa shape index (κ1) is 18.9. The van der Waals surface area contributed by atoms with Gasteiger partial charge in [0.15, 0.2) is 0 Å². The molecule has 2 N–H and O–H groups in total. The molecule has 0 unspecified atom stereocenters. The molecule has 0 atom stereocenters. The number of nitrogens with one attached hydrogen (secondary N) is 1. The first-order valence-corrected chi connectivity index (χ1v) is 8.95. The van der Waals surface area contributed by atoms with E-state index in [1.54, 1.807) is 36.2 Å². The van der Waals surface area contributed by atoms with E-state index in [4.69, 9.17) is 0 Å². The molecule has 2 aromatic rings. The molecule has 27 heavy (non-hydrogen) atoms. The molecule has 1 aromatic carbocycles. The Morgan fingerprint density at radius 2 is 1.78 bits per heavy atom. The van der Waals surface area contributed by atoms with Gasteiger partial charge >= 0.3 is 0 Å². The maximum absolute atomic E-state index is 12.5. The SMILES string of the molecule is CN1CCN(C(=O)CCNC(=O)c2c(O)c3ccccc3n(C)c2=O)CC1. The highest BCUT2D eigenvalue weighted by atomic mass is 16.3. The Balaban J connectivity index is 1.68. The number of aromatic hydroxyl groups is 1. The number of pyridine rings is 1. The molecule has 1 saturated heterocycles. The van der Waals surface area contributed by atoms with Crippen LogP contribution in [0.4, 0.5) is 0 Å². The van der Waals surface area contributed by atoms with Gasteiger partial charge in [-0.05, 0) is 19.2 Å². The van der Waals surface area contributed by atoms with E-state index in [1.165, 1.54) is 4.57 Å². The first-order chi connectivity index (χ1) is 12.9. The van der Waals surface area contributed by atoms with Gasteiger partial charge in [0.05, 0.1) is 5.52 Å². The monoisotopic (exact) mass is 372 g/mol. The normalized spacial score (nSPS) is 15.1. The number of fused-ring (bicyclic) bond motifs is 1. The number of hydrogen-bond acceptors (Lipinski definition) is 5. The van der Waals surface area contributed by atoms with Gasteiger partial charge in [-0.2, -0.15) is 0 Å². The summed E-state index contributed by atoms with van der Waals surface area (Å²) in [4.78, 5) is 41.1. The molecule has 144 valence electrons. The predicted molar refractivity (Wildman–Crippen MR) is 102 cm³/mol. The topological polar surface area (TPSA) is 94.9 Å². The number of aryl methyl sites for hydroxylation is 1. The van der Waals surface area contributed by atoms with Gasteiger partial charge in [-0.25, -0.2) is 0 Å². The van der Waals surface area contributed by atoms with Gasteiger partial charge < -0.3 is 24.8 Å². The number of piperazine rings is 1. The third-order valence-corrected chi connectivity index (χ3v) is 4.98. The number of carbonyl (C=O) groups is 2. The van der Waals surface area contributed by atoms with Crippen LogP contribution in [-0.4, -0.2) is 71.1 Å². The van der Waals surface area contributed by atoms with Crippen molar-refractivity contribution in [2.75, 3.05) is 39.8 Å². The van der Waals surface area contributed by atoms with E-state index >= 15 is 0 Å². The van der Waals surface area contributed by atoms with Crippen molar-refractivity contribution < 1.29 is 14.7 Å². The van der Waals surface area contributed by atoms with Gasteiger partial charge in [-0.1, -0.05) is 12.1 Å². The first-order valence-electron chi connectivity index (χ1n) is 8.95. The van der Waals surface area contributed by atoms with Crippen LogP contribution >= 0.6 is 0 Å². The van der Waals surface area contributed by atoms with Crippen molar-refractivity contribution in [2.45, 2.75) is 6.42 Å². The summed E-state index contributed by atoms with van der Waals surface area (Å²) in [7, 11) is 3.57. The van der Waals surface area contributed by atoms with Crippen LogP contribution in [-0.2, 0) is 11.8 Å². The third-order valence-electron chi connectivity index (χ3n) is 4.98.